The average molecular weight is 296 g/mol. The minimum Gasteiger partial charge on any atom is -0.363 e. The Morgan fingerprint density at radius 1 is 1.09 bits per heavy atom. The smallest absolute Gasteiger partial charge is 0.288 e. The zero-order chi connectivity index (χ0) is 15.7. The highest BCUT2D eigenvalue weighted by atomic mass is 19.1. The molecule has 0 atom stereocenters. The molecule has 2 N–H and O–H groups in total. The van der Waals surface area contributed by atoms with Gasteiger partial charge in [-0.15, -0.1) is 5.10 Å². The van der Waals surface area contributed by atoms with Gasteiger partial charge < -0.3 is 5.73 Å². The van der Waals surface area contributed by atoms with Crippen molar-refractivity contribution in [3.8, 4) is 17.1 Å². The molecule has 0 spiro atoms. The second-order valence-electron chi connectivity index (χ2n) is 4.88. The number of carbonyl (C=O) groups excluding carboxylic acids is 1. The number of aryl methyl sites for hydroxylation is 1. The number of nitrogens with zero attached hydrogens (tertiary/aromatic N) is 3. The van der Waals surface area contributed by atoms with Gasteiger partial charge >= 0.3 is 0 Å². The van der Waals surface area contributed by atoms with Gasteiger partial charge in [0, 0.05) is 5.56 Å². The van der Waals surface area contributed by atoms with Crippen LogP contribution in [-0.2, 0) is 0 Å². The van der Waals surface area contributed by atoms with Crippen molar-refractivity contribution in [2.45, 2.75) is 6.92 Å². The molecule has 0 unspecified atom stereocenters. The van der Waals surface area contributed by atoms with Crippen molar-refractivity contribution in [1.82, 2.24) is 14.8 Å². The Morgan fingerprint density at radius 3 is 2.32 bits per heavy atom. The lowest BCUT2D eigenvalue weighted by atomic mass is 10.1. The van der Waals surface area contributed by atoms with Gasteiger partial charge in [0.25, 0.3) is 5.91 Å². The van der Waals surface area contributed by atoms with Crippen molar-refractivity contribution >= 4 is 5.91 Å². The van der Waals surface area contributed by atoms with Crippen LogP contribution in [0.25, 0.3) is 17.1 Å². The number of halogens is 1. The van der Waals surface area contributed by atoms with Crippen LogP contribution in [-0.4, -0.2) is 20.7 Å². The van der Waals surface area contributed by atoms with E-state index in [0.717, 1.165) is 11.1 Å². The molecule has 3 rings (SSSR count). The predicted molar refractivity (Wildman–Crippen MR) is 80.0 cm³/mol. The summed E-state index contributed by atoms with van der Waals surface area (Å²) in [5.41, 5.74) is 7.75. The van der Waals surface area contributed by atoms with Crippen molar-refractivity contribution in [3.63, 3.8) is 0 Å². The summed E-state index contributed by atoms with van der Waals surface area (Å²) in [6.45, 7) is 1.98. The van der Waals surface area contributed by atoms with Crippen LogP contribution in [0.2, 0.25) is 0 Å². The molecule has 110 valence electrons. The van der Waals surface area contributed by atoms with Crippen molar-refractivity contribution < 1.29 is 9.18 Å². The fourth-order valence-corrected chi connectivity index (χ4v) is 2.07. The van der Waals surface area contributed by atoms with E-state index < -0.39 is 5.91 Å². The quantitative estimate of drug-likeness (QED) is 0.807. The van der Waals surface area contributed by atoms with Gasteiger partial charge in [-0.05, 0) is 31.2 Å². The maximum absolute atomic E-state index is 13.1. The molecule has 6 heteroatoms. The van der Waals surface area contributed by atoms with Crippen LogP contribution in [0.1, 0.15) is 16.2 Å². The first-order valence-electron chi connectivity index (χ1n) is 6.64. The topological polar surface area (TPSA) is 73.8 Å². The molecule has 0 radical (unpaired) electrons. The number of nitrogens with two attached hydrogens (primary N) is 1. The molecule has 0 saturated carbocycles. The monoisotopic (exact) mass is 296 g/mol. The summed E-state index contributed by atoms with van der Waals surface area (Å²) in [7, 11) is 0. The van der Waals surface area contributed by atoms with Crippen LogP contribution in [0.3, 0.4) is 0 Å². The zero-order valence-electron chi connectivity index (χ0n) is 11.8. The van der Waals surface area contributed by atoms with Gasteiger partial charge in [-0.2, -0.15) is 0 Å². The number of rotatable bonds is 3. The lowest BCUT2D eigenvalue weighted by Crippen LogP contribution is -2.13. The Morgan fingerprint density at radius 2 is 1.73 bits per heavy atom. The molecule has 0 aliphatic heterocycles. The van der Waals surface area contributed by atoms with Crippen LogP contribution in [0, 0.1) is 12.7 Å². The summed E-state index contributed by atoms with van der Waals surface area (Å²) in [5, 5.41) is 4.12. The Hall–Kier alpha value is -3.02. The fraction of sp³-hybridized carbons (Fsp3) is 0.0625. The molecule has 3 aromatic rings. The number of amides is 1. The van der Waals surface area contributed by atoms with Gasteiger partial charge in [-0.25, -0.2) is 14.1 Å². The molecular formula is C16H13FN4O. The number of hydrogen-bond acceptors (Lipinski definition) is 3. The van der Waals surface area contributed by atoms with E-state index >= 15 is 0 Å². The van der Waals surface area contributed by atoms with Crippen LogP contribution < -0.4 is 5.73 Å². The number of carbonyl (C=O) groups is 1. The van der Waals surface area contributed by atoms with Gasteiger partial charge in [0.1, 0.15) is 5.82 Å². The van der Waals surface area contributed by atoms with Crippen LogP contribution in [0.4, 0.5) is 4.39 Å². The zero-order valence-corrected chi connectivity index (χ0v) is 11.8. The van der Waals surface area contributed by atoms with E-state index in [-0.39, 0.29) is 11.6 Å². The third-order valence-corrected chi connectivity index (χ3v) is 3.21. The molecular weight excluding hydrogens is 283 g/mol. The van der Waals surface area contributed by atoms with E-state index in [0.29, 0.717) is 11.5 Å². The van der Waals surface area contributed by atoms with Gasteiger partial charge in [-0.1, -0.05) is 29.8 Å². The maximum Gasteiger partial charge on any atom is 0.288 e. The Bertz CT molecular complexity index is 759. The summed E-state index contributed by atoms with van der Waals surface area (Å²) in [4.78, 5) is 15.6. The largest absolute Gasteiger partial charge is 0.363 e. The SMILES string of the molecule is Cc1ccc(-c2nc(C(N)=O)nn2-c2ccc(F)cc2)cc1. The molecule has 22 heavy (non-hydrogen) atoms. The second-order valence-corrected chi connectivity index (χ2v) is 4.88. The van der Waals surface area contributed by atoms with E-state index in [1.165, 1.54) is 16.8 Å². The third kappa shape index (κ3) is 2.58. The summed E-state index contributed by atoms with van der Waals surface area (Å²) in [5.74, 6) is -0.676. The molecule has 1 heterocycles. The first-order valence-corrected chi connectivity index (χ1v) is 6.64. The summed E-state index contributed by atoms with van der Waals surface area (Å²) in [6, 6.07) is 13.4. The lowest BCUT2D eigenvalue weighted by Gasteiger charge is -2.06. The molecule has 0 saturated heterocycles. The fourth-order valence-electron chi connectivity index (χ4n) is 2.07. The first-order chi connectivity index (χ1) is 10.5. The maximum atomic E-state index is 13.1. The van der Waals surface area contributed by atoms with E-state index in [1.807, 2.05) is 31.2 Å². The Labute approximate surface area is 126 Å². The second kappa shape index (κ2) is 5.40. The van der Waals surface area contributed by atoms with Crippen LogP contribution >= 0.6 is 0 Å². The van der Waals surface area contributed by atoms with Crippen molar-refractivity contribution in [3.05, 3.63) is 65.7 Å². The van der Waals surface area contributed by atoms with Crippen molar-refractivity contribution in [2.75, 3.05) is 0 Å². The summed E-state index contributed by atoms with van der Waals surface area (Å²) < 4.78 is 14.6. The minimum atomic E-state index is -0.714. The number of aromatic nitrogens is 3. The van der Waals surface area contributed by atoms with E-state index in [2.05, 4.69) is 10.1 Å². The molecule has 0 aliphatic rings. The van der Waals surface area contributed by atoms with Gasteiger partial charge in [-0.3, -0.25) is 4.79 Å². The molecule has 5 nitrogen and oxygen atoms in total. The highest BCUT2D eigenvalue weighted by molar-refractivity contribution is 5.89. The van der Waals surface area contributed by atoms with E-state index in [1.54, 1.807) is 12.1 Å². The van der Waals surface area contributed by atoms with Crippen molar-refractivity contribution in [1.29, 1.82) is 0 Å². The molecule has 0 aliphatic carbocycles. The molecule has 1 aromatic heterocycles. The van der Waals surface area contributed by atoms with Gasteiger partial charge in [0.05, 0.1) is 5.69 Å². The lowest BCUT2D eigenvalue weighted by molar-refractivity contribution is 0.0990. The van der Waals surface area contributed by atoms with Gasteiger partial charge in [0.2, 0.25) is 5.82 Å². The number of primary amides is 1. The van der Waals surface area contributed by atoms with E-state index in [9.17, 15) is 9.18 Å². The normalized spacial score (nSPS) is 10.6. The first kappa shape index (κ1) is 13.9. The van der Waals surface area contributed by atoms with Gasteiger partial charge in [0.15, 0.2) is 5.82 Å². The molecule has 1 amide bonds. The third-order valence-electron chi connectivity index (χ3n) is 3.21. The Balaban J connectivity index is 2.17. The highest BCUT2D eigenvalue weighted by Crippen LogP contribution is 2.21. The minimum absolute atomic E-state index is 0.0834. The predicted octanol–water partition coefficient (Wildman–Crippen LogP) is 2.48. The molecule has 2 aromatic carbocycles. The average Bonchev–Trinajstić information content (AvgIpc) is 2.94. The van der Waals surface area contributed by atoms with Crippen LogP contribution in [0.5, 0.6) is 0 Å². The highest BCUT2D eigenvalue weighted by Gasteiger charge is 2.16. The standard InChI is InChI=1S/C16H13FN4O/c1-10-2-4-11(5-3-10)16-19-15(14(18)22)20-21(16)13-8-6-12(17)7-9-13/h2-9H,1H3,(H2,18,22). The molecule has 0 fully saturated rings. The summed E-state index contributed by atoms with van der Waals surface area (Å²) in [6.07, 6.45) is 0. The van der Waals surface area contributed by atoms with Crippen molar-refractivity contribution in [2.24, 2.45) is 5.73 Å². The number of hydrogen-bond donors (Lipinski definition) is 1. The number of benzene rings is 2. The summed E-state index contributed by atoms with van der Waals surface area (Å²) >= 11 is 0. The van der Waals surface area contributed by atoms with Crippen LogP contribution in [0.15, 0.2) is 48.5 Å². The molecule has 0 bridgehead atoms. The Kier molecular flexibility index (Phi) is 3.42. The van der Waals surface area contributed by atoms with E-state index in [4.69, 9.17) is 5.73 Å².